The van der Waals surface area contributed by atoms with Crippen molar-refractivity contribution in [3.8, 4) is 0 Å². The van der Waals surface area contributed by atoms with Crippen LogP contribution in [-0.2, 0) is 9.53 Å². The van der Waals surface area contributed by atoms with E-state index in [2.05, 4.69) is 10.6 Å². The van der Waals surface area contributed by atoms with Gasteiger partial charge in [0, 0.05) is 23.5 Å². The molecular formula is C20H24ClN3O3. The molecule has 7 heteroatoms. The Bertz CT molecular complexity index is 798. The van der Waals surface area contributed by atoms with Gasteiger partial charge in [-0.25, -0.2) is 0 Å². The fourth-order valence-corrected chi connectivity index (χ4v) is 3.02. The number of hydrogen-bond donors (Lipinski definition) is 3. The van der Waals surface area contributed by atoms with Gasteiger partial charge in [0.15, 0.2) is 0 Å². The Morgan fingerprint density at radius 3 is 2.48 bits per heavy atom. The summed E-state index contributed by atoms with van der Waals surface area (Å²) in [5.74, 6) is -0.422. The molecule has 1 aliphatic heterocycles. The van der Waals surface area contributed by atoms with Gasteiger partial charge >= 0.3 is 0 Å². The van der Waals surface area contributed by atoms with E-state index in [-0.39, 0.29) is 30.3 Å². The smallest absolute Gasteiger partial charge is 0.256 e. The van der Waals surface area contributed by atoms with Crippen LogP contribution in [0.25, 0.3) is 0 Å². The number of hydrogen-bond acceptors (Lipinski definition) is 4. The van der Waals surface area contributed by atoms with Crippen molar-refractivity contribution in [1.29, 1.82) is 0 Å². The number of nitrogens with one attached hydrogen (secondary N) is 2. The first kappa shape index (κ1) is 20.9. The lowest BCUT2D eigenvalue weighted by Crippen LogP contribution is -2.30. The molecule has 0 bridgehead atoms. The first-order chi connectivity index (χ1) is 12.6. The summed E-state index contributed by atoms with van der Waals surface area (Å²) in [4.78, 5) is 25.0. The SMILES string of the molecule is Cc1c(NC(=O)[C@@H]2CC[C@H](CN)O2)cccc1C(=O)Nc1ccccc1.Cl. The van der Waals surface area contributed by atoms with Crippen molar-refractivity contribution < 1.29 is 14.3 Å². The molecule has 0 aliphatic carbocycles. The van der Waals surface area contributed by atoms with E-state index < -0.39 is 6.10 Å². The van der Waals surface area contributed by atoms with Crippen molar-refractivity contribution in [3.63, 3.8) is 0 Å². The highest BCUT2D eigenvalue weighted by Crippen LogP contribution is 2.24. The van der Waals surface area contributed by atoms with Crippen molar-refractivity contribution in [3.05, 3.63) is 59.7 Å². The van der Waals surface area contributed by atoms with Crippen molar-refractivity contribution in [2.24, 2.45) is 5.73 Å². The number of ether oxygens (including phenoxy) is 1. The standard InChI is InChI=1S/C20H23N3O3.ClH/c1-13-16(19(24)22-14-6-3-2-4-7-14)8-5-9-17(13)23-20(25)18-11-10-15(12-21)26-18;/h2-9,15,18H,10-12,21H2,1H3,(H,22,24)(H,23,25);1H/t15-,18+;/m1./s1. The molecule has 2 atom stereocenters. The molecule has 0 saturated carbocycles. The summed E-state index contributed by atoms with van der Waals surface area (Å²) < 4.78 is 5.62. The first-order valence-corrected chi connectivity index (χ1v) is 8.71. The molecule has 1 saturated heterocycles. The summed E-state index contributed by atoms with van der Waals surface area (Å²) in [6.45, 7) is 2.23. The molecule has 4 N–H and O–H groups in total. The van der Waals surface area contributed by atoms with Gasteiger partial charge in [-0.1, -0.05) is 24.3 Å². The van der Waals surface area contributed by atoms with Crippen molar-refractivity contribution in [2.45, 2.75) is 32.0 Å². The van der Waals surface area contributed by atoms with Gasteiger partial charge in [-0.3, -0.25) is 9.59 Å². The van der Waals surface area contributed by atoms with Crippen LogP contribution in [0.2, 0.25) is 0 Å². The average molecular weight is 390 g/mol. The number of amides is 2. The zero-order chi connectivity index (χ0) is 18.5. The highest BCUT2D eigenvalue weighted by atomic mass is 35.5. The third kappa shape index (κ3) is 5.07. The summed E-state index contributed by atoms with van der Waals surface area (Å²) in [6.07, 6.45) is 0.883. The van der Waals surface area contributed by atoms with Gasteiger partial charge < -0.3 is 21.1 Å². The van der Waals surface area contributed by atoms with Crippen LogP contribution in [0.15, 0.2) is 48.5 Å². The molecule has 1 aliphatic rings. The van der Waals surface area contributed by atoms with Gasteiger partial charge in [-0.15, -0.1) is 12.4 Å². The molecular weight excluding hydrogens is 366 g/mol. The average Bonchev–Trinajstić information content (AvgIpc) is 3.13. The Morgan fingerprint density at radius 1 is 1.07 bits per heavy atom. The first-order valence-electron chi connectivity index (χ1n) is 8.71. The minimum absolute atomic E-state index is 0. The normalized spacial score (nSPS) is 18.4. The van der Waals surface area contributed by atoms with Crippen molar-refractivity contribution in [2.75, 3.05) is 17.2 Å². The van der Waals surface area contributed by atoms with Crippen LogP contribution in [0.3, 0.4) is 0 Å². The Balaban J connectivity index is 0.00000261. The molecule has 2 amide bonds. The lowest BCUT2D eigenvalue weighted by molar-refractivity contribution is -0.126. The van der Waals surface area contributed by atoms with E-state index in [0.717, 1.165) is 12.1 Å². The molecule has 3 rings (SSSR count). The highest BCUT2D eigenvalue weighted by molar-refractivity contribution is 6.07. The van der Waals surface area contributed by atoms with Crippen molar-refractivity contribution >= 4 is 35.6 Å². The molecule has 0 radical (unpaired) electrons. The molecule has 0 unspecified atom stereocenters. The number of para-hydroxylation sites is 1. The Labute approximate surface area is 164 Å². The lowest BCUT2D eigenvalue weighted by atomic mass is 10.1. The molecule has 144 valence electrons. The number of carbonyl (C=O) groups is 2. The van der Waals surface area contributed by atoms with Crippen LogP contribution in [-0.4, -0.2) is 30.6 Å². The highest BCUT2D eigenvalue weighted by Gasteiger charge is 2.30. The second-order valence-corrected chi connectivity index (χ2v) is 6.35. The molecule has 2 aromatic carbocycles. The quantitative estimate of drug-likeness (QED) is 0.732. The summed E-state index contributed by atoms with van der Waals surface area (Å²) >= 11 is 0. The van der Waals surface area contributed by atoms with E-state index >= 15 is 0 Å². The zero-order valence-electron chi connectivity index (χ0n) is 15.1. The molecule has 0 aromatic heterocycles. The van der Waals surface area contributed by atoms with Crippen LogP contribution in [0.5, 0.6) is 0 Å². The maximum absolute atomic E-state index is 12.5. The summed E-state index contributed by atoms with van der Waals surface area (Å²) in [5, 5.41) is 5.73. The van der Waals surface area contributed by atoms with E-state index in [1.165, 1.54) is 0 Å². The lowest BCUT2D eigenvalue weighted by Gasteiger charge is -2.16. The predicted octanol–water partition coefficient (Wildman–Crippen LogP) is 3.11. The van der Waals surface area contributed by atoms with E-state index in [0.29, 0.717) is 29.8 Å². The van der Waals surface area contributed by atoms with E-state index in [9.17, 15) is 9.59 Å². The number of benzene rings is 2. The second-order valence-electron chi connectivity index (χ2n) is 6.35. The summed E-state index contributed by atoms with van der Waals surface area (Å²) in [5.41, 5.74) is 8.14. The molecule has 1 fully saturated rings. The minimum Gasteiger partial charge on any atom is -0.364 e. The number of carbonyl (C=O) groups excluding carboxylic acids is 2. The topological polar surface area (TPSA) is 93.5 Å². The number of halogens is 1. The molecule has 2 aromatic rings. The van der Waals surface area contributed by atoms with Crippen LogP contribution < -0.4 is 16.4 Å². The zero-order valence-corrected chi connectivity index (χ0v) is 15.9. The molecule has 27 heavy (non-hydrogen) atoms. The van der Waals surface area contributed by atoms with E-state index in [4.69, 9.17) is 10.5 Å². The van der Waals surface area contributed by atoms with Gasteiger partial charge in [-0.2, -0.15) is 0 Å². The predicted molar refractivity (Wildman–Crippen MR) is 108 cm³/mol. The maximum Gasteiger partial charge on any atom is 0.256 e. The third-order valence-electron chi connectivity index (χ3n) is 4.53. The van der Waals surface area contributed by atoms with Gasteiger partial charge in [-0.05, 0) is 49.6 Å². The van der Waals surface area contributed by atoms with Gasteiger partial charge in [0.25, 0.3) is 11.8 Å². The third-order valence-corrected chi connectivity index (χ3v) is 4.53. The van der Waals surface area contributed by atoms with Gasteiger partial charge in [0.2, 0.25) is 0 Å². The van der Waals surface area contributed by atoms with Crippen LogP contribution in [0.4, 0.5) is 11.4 Å². The van der Waals surface area contributed by atoms with Gasteiger partial charge in [0.1, 0.15) is 6.10 Å². The van der Waals surface area contributed by atoms with Crippen molar-refractivity contribution in [1.82, 2.24) is 0 Å². The maximum atomic E-state index is 12.5. The Hall–Kier alpha value is -2.41. The molecule has 6 nitrogen and oxygen atoms in total. The number of nitrogens with two attached hydrogens (primary N) is 1. The Morgan fingerprint density at radius 2 is 1.81 bits per heavy atom. The van der Waals surface area contributed by atoms with E-state index in [1.807, 2.05) is 37.3 Å². The van der Waals surface area contributed by atoms with Crippen LogP contribution >= 0.6 is 12.4 Å². The van der Waals surface area contributed by atoms with Crippen LogP contribution in [0.1, 0.15) is 28.8 Å². The summed E-state index contributed by atoms with van der Waals surface area (Å²) in [7, 11) is 0. The number of anilines is 2. The largest absolute Gasteiger partial charge is 0.364 e. The fourth-order valence-electron chi connectivity index (χ4n) is 3.02. The molecule has 0 spiro atoms. The van der Waals surface area contributed by atoms with Gasteiger partial charge in [0.05, 0.1) is 6.10 Å². The Kier molecular flexibility index (Phi) is 7.36. The van der Waals surface area contributed by atoms with E-state index in [1.54, 1.807) is 18.2 Å². The minimum atomic E-state index is -0.496. The number of rotatable bonds is 5. The summed E-state index contributed by atoms with van der Waals surface area (Å²) in [6, 6.07) is 14.5. The molecule has 1 heterocycles. The second kappa shape index (κ2) is 9.50. The fraction of sp³-hybridized carbons (Fsp3) is 0.300. The monoisotopic (exact) mass is 389 g/mol. The van der Waals surface area contributed by atoms with Crippen LogP contribution in [0, 0.1) is 6.92 Å².